The van der Waals surface area contributed by atoms with Gasteiger partial charge in [0, 0.05) is 12.8 Å². The normalized spacial score (nSPS) is 39.7. The maximum Gasteiger partial charge on any atom is 0.303 e. The van der Waals surface area contributed by atoms with Gasteiger partial charge >= 0.3 is 5.97 Å². The van der Waals surface area contributed by atoms with E-state index in [0.29, 0.717) is 17.6 Å². The summed E-state index contributed by atoms with van der Waals surface area (Å²) in [6, 6.07) is 0. The van der Waals surface area contributed by atoms with Crippen molar-refractivity contribution in [3.63, 3.8) is 0 Å². The van der Waals surface area contributed by atoms with Crippen molar-refractivity contribution in [3.8, 4) is 0 Å². The Morgan fingerprint density at radius 1 is 1.00 bits per heavy atom. The number of hydrogen-bond acceptors (Lipinski definition) is 2. The van der Waals surface area contributed by atoms with Crippen LogP contribution in [0.15, 0.2) is 11.6 Å². The molecule has 0 heterocycles. The molecule has 0 aromatic carbocycles. The molecule has 0 spiro atoms. The van der Waals surface area contributed by atoms with Gasteiger partial charge in [-0.15, -0.1) is 0 Å². The summed E-state index contributed by atoms with van der Waals surface area (Å²) in [6.45, 7) is 9.06. The summed E-state index contributed by atoms with van der Waals surface area (Å²) < 4.78 is 0. The first-order chi connectivity index (χ1) is 14.3. The maximum absolute atomic E-state index is 12.0. The van der Waals surface area contributed by atoms with Crippen molar-refractivity contribution in [2.45, 2.75) is 111 Å². The van der Waals surface area contributed by atoms with Crippen molar-refractivity contribution in [3.05, 3.63) is 11.6 Å². The minimum Gasteiger partial charge on any atom is -0.481 e. The van der Waals surface area contributed by atoms with Crippen molar-refractivity contribution >= 4 is 11.8 Å². The van der Waals surface area contributed by atoms with Gasteiger partial charge in [-0.3, -0.25) is 9.59 Å². The van der Waals surface area contributed by atoms with Gasteiger partial charge < -0.3 is 5.11 Å². The Labute approximate surface area is 184 Å². The summed E-state index contributed by atoms with van der Waals surface area (Å²) in [7, 11) is 0. The molecule has 30 heavy (non-hydrogen) atoms. The highest BCUT2D eigenvalue weighted by Crippen LogP contribution is 2.67. The Hall–Kier alpha value is -1.12. The van der Waals surface area contributed by atoms with Gasteiger partial charge in [0.05, 0.1) is 0 Å². The molecule has 4 aliphatic rings. The third-order valence-electron chi connectivity index (χ3n) is 9.60. The second kappa shape index (κ2) is 9.57. The van der Waals surface area contributed by atoms with Crippen LogP contribution in [-0.2, 0) is 9.59 Å². The van der Waals surface area contributed by atoms with Crippen LogP contribution in [0, 0.1) is 34.5 Å². The lowest BCUT2D eigenvalue weighted by atomic mass is 9.46. The van der Waals surface area contributed by atoms with E-state index < -0.39 is 5.97 Å². The topological polar surface area (TPSA) is 54.4 Å². The van der Waals surface area contributed by atoms with E-state index >= 15 is 0 Å². The number of fused-ring (bicyclic) bond motifs is 5. The van der Waals surface area contributed by atoms with E-state index in [2.05, 4.69) is 13.8 Å². The molecule has 170 valence electrons. The first kappa shape index (κ1) is 23.5. The first-order valence-corrected chi connectivity index (χ1v) is 12.8. The number of carboxylic acids is 1. The smallest absolute Gasteiger partial charge is 0.303 e. The number of aliphatic carboxylic acids is 1. The third kappa shape index (κ3) is 4.28. The van der Waals surface area contributed by atoms with Gasteiger partial charge in [-0.1, -0.05) is 46.1 Å². The highest BCUT2D eigenvalue weighted by molar-refractivity contribution is 5.91. The number of ketones is 1. The van der Waals surface area contributed by atoms with Crippen molar-refractivity contribution in [1.29, 1.82) is 0 Å². The molecule has 3 fully saturated rings. The molecule has 0 amide bonds. The van der Waals surface area contributed by atoms with Crippen LogP contribution in [0.5, 0.6) is 0 Å². The largest absolute Gasteiger partial charge is 0.481 e. The Balaban J connectivity index is 0.00000124. The maximum atomic E-state index is 12.0. The molecule has 4 aliphatic carbocycles. The molecule has 0 aromatic heterocycles. The lowest BCUT2D eigenvalue weighted by molar-refractivity contribution is -0.137. The van der Waals surface area contributed by atoms with E-state index in [1.165, 1.54) is 50.5 Å². The highest BCUT2D eigenvalue weighted by Gasteiger charge is 2.58. The number of hydrogen-bond donors (Lipinski definition) is 1. The summed E-state index contributed by atoms with van der Waals surface area (Å²) in [4.78, 5) is 22.7. The Kier molecular flexibility index (Phi) is 7.51. The van der Waals surface area contributed by atoms with Crippen LogP contribution < -0.4 is 0 Å². The van der Waals surface area contributed by atoms with Gasteiger partial charge in [-0.05, 0) is 98.4 Å². The van der Waals surface area contributed by atoms with Crippen LogP contribution in [-0.4, -0.2) is 16.9 Å². The summed E-state index contributed by atoms with van der Waals surface area (Å²) >= 11 is 0. The van der Waals surface area contributed by atoms with Crippen molar-refractivity contribution < 1.29 is 14.7 Å². The molecular weight excluding hydrogens is 372 g/mol. The molecule has 0 aliphatic heterocycles. The molecule has 0 radical (unpaired) electrons. The van der Waals surface area contributed by atoms with E-state index in [4.69, 9.17) is 5.11 Å². The molecule has 0 saturated heterocycles. The second-order valence-corrected chi connectivity index (χ2v) is 10.8. The van der Waals surface area contributed by atoms with Crippen LogP contribution >= 0.6 is 0 Å². The second-order valence-electron chi connectivity index (χ2n) is 10.8. The Morgan fingerprint density at radius 2 is 1.77 bits per heavy atom. The molecule has 0 aromatic rings. The van der Waals surface area contributed by atoms with Gasteiger partial charge in [-0.25, -0.2) is 0 Å². The molecule has 1 N–H and O–H groups in total. The molecule has 6 atom stereocenters. The van der Waals surface area contributed by atoms with Gasteiger partial charge in [0.1, 0.15) is 0 Å². The standard InChI is InChI=1S/C25H38O3.C2H6/c1-24-15-13-22-20(10-8-18-16-19(26)12-14-25(18,22)2)21(24)11-9-17(24)6-4-3-5-7-23(27)28;1-2/h16-17,20-22H,3-15H2,1-2H3,(H,27,28);1-2H3. The molecular formula is C27H44O3. The molecule has 6 unspecified atom stereocenters. The lowest BCUT2D eigenvalue weighted by Gasteiger charge is -2.58. The number of carboxylic acid groups (broad SMARTS) is 1. The number of allylic oxidation sites excluding steroid dienone is 1. The number of unbranched alkanes of at least 4 members (excludes halogenated alkanes) is 2. The number of carbonyl (C=O) groups excluding carboxylic acids is 1. The average molecular weight is 417 g/mol. The summed E-state index contributed by atoms with van der Waals surface area (Å²) in [5.74, 6) is 3.04. The minimum atomic E-state index is -0.658. The zero-order chi connectivity index (χ0) is 21.9. The predicted molar refractivity (Wildman–Crippen MR) is 122 cm³/mol. The fourth-order valence-electron chi connectivity index (χ4n) is 7.99. The van der Waals surface area contributed by atoms with Crippen LogP contribution in [0.1, 0.15) is 111 Å². The Bertz CT molecular complexity index is 665. The van der Waals surface area contributed by atoms with Crippen molar-refractivity contribution in [2.75, 3.05) is 0 Å². The van der Waals surface area contributed by atoms with Gasteiger partial charge in [0.15, 0.2) is 5.78 Å². The minimum absolute atomic E-state index is 0.285. The summed E-state index contributed by atoms with van der Waals surface area (Å²) in [5.41, 5.74) is 2.25. The lowest BCUT2D eigenvalue weighted by Crippen LogP contribution is -2.50. The third-order valence-corrected chi connectivity index (χ3v) is 9.60. The SMILES string of the molecule is CC.CC12CCC(=O)C=C1CCC1C2CCC2(C)C(CCCCCC(=O)O)CCC12. The molecule has 3 heteroatoms. The van der Waals surface area contributed by atoms with Crippen LogP contribution in [0.2, 0.25) is 0 Å². The number of carbonyl (C=O) groups is 2. The quantitative estimate of drug-likeness (QED) is 0.466. The fourth-order valence-corrected chi connectivity index (χ4v) is 7.99. The van der Waals surface area contributed by atoms with Crippen molar-refractivity contribution in [2.24, 2.45) is 34.5 Å². The fraction of sp³-hybridized carbons (Fsp3) is 0.852. The zero-order valence-electron chi connectivity index (χ0n) is 19.8. The highest BCUT2D eigenvalue weighted by atomic mass is 16.4. The van der Waals surface area contributed by atoms with E-state index in [1.807, 2.05) is 19.9 Å². The van der Waals surface area contributed by atoms with Gasteiger partial charge in [-0.2, -0.15) is 0 Å². The van der Waals surface area contributed by atoms with E-state index in [-0.39, 0.29) is 5.41 Å². The van der Waals surface area contributed by atoms with Gasteiger partial charge in [0.2, 0.25) is 0 Å². The van der Waals surface area contributed by atoms with E-state index in [1.54, 1.807) is 0 Å². The summed E-state index contributed by atoms with van der Waals surface area (Å²) in [6.07, 6.45) is 16.5. The zero-order valence-corrected chi connectivity index (χ0v) is 19.8. The summed E-state index contributed by atoms with van der Waals surface area (Å²) in [5, 5.41) is 8.82. The van der Waals surface area contributed by atoms with Crippen LogP contribution in [0.25, 0.3) is 0 Å². The first-order valence-electron chi connectivity index (χ1n) is 12.8. The van der Waals surface area contributed by atoms with Crippen LogP contribution in [0.4, 0.5) is 0 Å². The monoisotopic (exact) mass is 416 g/mol. The molecule has 3 saturated carbocycles. The van der Waals surface area contributed by atoms with E-state index in [0.717, 1.165) is 55.8 Å². The predicted octanol–water partition coefficient (Wildman–Crippen LogP) is 7.20. The molecule has 0 bridgehead atoms. The van der Waals surface area contributed by atoms with E-state index in [9.17, 15) is 9.59 Å². The molecule has 4 rings (SSSR count). The molecule has 3 nitrogen and oxygen atoms in total. The van der Waals surface area contributed by atoms with Gasteiger partial charge in [0.25, 0.3) is 0 Å². The van der Waals surface area contributed by atoms with Crippen LogP contribution in [0.3, 0.4) is 0 Å². The average Bonchev–Trinajstić information content (AvgIpc) is 3.06. The van der Waals surface area contributed by atoms with Crippen molar-refractivity contribution in [1.82, 2.24) is 0 Å². The number of rotatable bonds is 6. The Morgan fingerprint density at radius 3 is 2.50 bits per heavy atom.